The van der Waals surface area contributed by atoms with E-state index < -0.39 is 5.79 Å². The van der Waals surface area contributed by atoms with Gasteiger partial charge in [-0.2, -0.15) is 4.89 Å². The second-order valence-electron chi connectivity index (χ2n) is 6.74. The Hall–Kier alpha value is -2.01. The van der Waals surface area contributed by atoms with E-state index in [4.69, 9.17) is 9.62 Å². The molecule has 0 radical (unpaired) electrons. The first-order chi connectivity index (χ1) is 12.7. The van der Waals surface area contributed by atoms with Crippen molar-refractivity contribution in [1.82, 2.24) is 0 Å². The first-order valence-electron chi connectivity index (χ1n) is 9.45. The molecule has 138 valence electrons. The summed E-state index contributed by atoms with van der Waals surface area (Å²) >= 11 is 0. The van der Waals surface area contributed by atoms with Crippen LogP contribution in [0.2, 0.25) is 0 Å². The fourth-order valence-corrected chi connectivity index (χ4v) is 3.60. The van der Waals surface area contributed by atoms with E-state index in [-0.39, 0.29) is 5.78 Å². The molecular formula is C22H26O4. The van der Waals surface area contributed by atoms with E-state index in [0.717, 1.165) is 12.8 Å². The molecule has 0 atom stereocenters. The number of ether oxygens (including phenoxy) is 1. The van der Waals surface area contributed by atoms with E-state index in [9.17, 15) is 10.1 Å². The van der Waals surface area contributed by atoms with Crippen molar-refractivity contribution in [2.24, 2.45) is 0 Å². The number of fused-ring (bicyclic) bond motifs is 2. The number of carbonyl (C=O) groups excluding carboxylic acids is 1. The van der Waals surface area contributed by atoms with Crippen LogP contribution < -0.4 is 0 Å². The summed E-state index contributed by atoms with van der Waals surface area (Å²) in [5.41, 5.74) is 2.11. The van der Waals surface area contributed by atoms with Gasteiger partial charge in [-0.05, 0) is 6.42 Å². The lowest BCUT2D eigenvalue weighted by Gasteiger charge is -2.36. The number of unbranched alkanes of at least 4 members (excludes halogenated alkanes) is 5. The molecular weight excluding hydrogens is 328 g/mol. The predicted molar refractivity (Wildman–Crippen MR) is 100 cm³/mol. The first-order valence-corrected chi connectivity index (χ1v) is 9.45. The molecule has 0 saturated heterocycles. The zero-order valence-electron chi connectivity index (χ0n) is 15.2. The van der Waals surface area contributed by atoms with Gasteiger partial charge in [0, 0.05) is 22.3 Å². The Balaban J connectivity index is 1.84. The Morgan fingerprint density at radius 3 is 1.96 bits per heavy atom. The van der Waals surface area contributed by atoms with Crippen molar-refractivity contribution in [2.45, 2.75) is 51.2 Å². The number of hydrogen-bond donors (Lipinski definition) is 1. The fourth-order valence-electron chi connectivity index (χ4n) is 3.60. The Morgan fingerprint density at radius 1 is 0.846 bits per heavy atom. The number of hydrogen-bond acceptors (Lipinski definition) is 4. The van der Waals surface area contributed by atoms with Crippen LogP contribution >= 0.6 is 0 Å². The highest BCUT2D eigenvalue weighted by Gasteiger charge is 2.46. The number of benzene rings is 2. The number of ketones is 1. The van der Waals surface area contributed by atoms with Crippen LogP contribution in [0.1, 0.15) is 72.5 Å². The molecule has 26 heavy (non-hydrogen) atoms. The van der Waals surface area contributed by atoms with Crippen molar-refractivity contribution >= 4 is 5.78 Å². The van der Waals surface area contributed by atoms with Crippen LogP contribution in [0.25, 0.3) is 0 Å². The molecule has 1 aliphatic carbocycles. The van der Waals surface area contributed by atoms with Crippen molar-refractivity contribution in [3.63, 3.8) is 0 Å². The third-order valence-electron chi connectivity index (χ3n) is 4.98. The average Bonchev–Trinajstić information content (AvgIpc) is 2.70. The summed E-state index contributed by atoms with van der Waals surface area (Å²) in [5.74, 6) is -1.53. The van der Waals surface area contributed by atoms with Gasteiger partial charge in [0.1, 0.15) is 0 Å². The van der Waals surface area contributed by atoms with E-state index >= 15 is 0 Å². The lowest BCUT2D eigenvalue weighted by molar-refractivity contribution is -0.396. The van der Waals surface area contributed by atoms with Crippen LogP contribution in [0, 0.1) is 0 Å². The van der Waals surface area contributed by atoms with Gasteiger partial charge in [-0.15, -0.1) is 0 Å². The number of rotatable bonds is 9. The maximum atomic E-state index is 12.8. The summed E-state index contributed by atoms with van der Waals surface area (Å²) in [7, 11) is 0. The van der Waals surface area contributed by atoms with Gasteiger partial charge in [-0.1, -0.05) is 87.6 Å². The van der Waals surface area contributed by atoms with E-state index in [1.54, 1.807) is 36.4 Å². The molecule has 0 spiro atoms. The zero-order chi connectivity index (χ0) is 18.4. The maximum absolute atomic E-state index is 12.8. The van der Waals surface area contributed by atoms with Crippen LogP contribution in [0.3, 0.4) is 0 Å². The quantitative estimate of drug-likeness (QED) is 0.287. The third kappa shape index (κ3) is 3.45. The largest absolute Gasteiger partial charge is 0.340 e. The van der Waals surface area contributed by atoms with Gasteiger partial charge in [0.25, 0.3) is 5.79 Å². The van der Waals surface area contributed by atoms with Crippen molar-refractivity contribution in [1.29, 1.82) is 0 Å². The van der Waals surface area contributed by atoms with Crippen LogP contribution in [-0.4, -0.2) is 17.6 Å². The van der Waals surface area contributed by atoms with Crippen molar-refractivity contribution < 1.29 is 19.7 Å². The summed E-state index contributed by atoms with van der Waals surface area (Å²) in [5, 5.41) is 9.86. The molecule has 0 aliphatic heterocycles. The lowest BCUT2D eigenvalue weighted by Crippen LogP contribution is -2.40. The van der Waals surface area contributed by atoms with Gasteiger partial charge in [-0.3, -0.25) is 4.79 Å². The van der Waals surface area contributed by atoms with Crippen LogP contribution in [-0.2, 0) is 15.4 Å². The summed E-state index contributed by atoms with van der Waals surface area (Å²) < 4.78 is 6.10. The van der Waals surface area contributed by atoms with Gasteiger partial charge in [-0.25, -0.2) is 5.26 Å². The normalized spacial score (nSPS) is 14.8. The monoisotopic (exact) mass is 354 g/mol. The molecule has 2 aromatic carbocycles. The topological polar surface area (TPSA) is 55.8 Å². The number of carbonyl (C=O) groups is 1. The molecule has 0 aromatic heterocycles. The third-order valence-corrected chi connectivity index (χ3v) is 4.98. The Kier molecular flexibility index (Phi) is 6.20. The van der Waals surface area contributed by atoms with E-state index in [1.807, 2.05) is 12.1 Å². The highest BCUT2D eigenvalue weighted by atomic mass is 17.1. The van der Waals surface area contributed by atoms with Crippen LogP contribution in [0.4, 0.5) is 0 Å². The Bertz CT molecular complexity index is 704. The minimum Gasteiger partial charge on any atom is -0.340 e. The van der Waals surface area contributed by atoms with E-state index in [2.05, 4.69) is 6.92 Å². The molecule has 1 aliphatic rings. The first kappa shape index (κ1) is 18.8. The van der Waals surface area contributed by atoms with Crippen molar-refractivity contribution in [3.8, 4) is 0 Å². The minimum atomic E-state index is -1.45. The van der Waals surface area contributed by atoms with Gasteiger partial charge < -0.3 is 4.74 Å². The molecule has 2 aromatic rings. The lowest BCUT2D eigenvalue weighted by atomic mass is 9.80. The maximum Gasteiger partial charge on any atom is 0.255 e. The Morgan fingerprint density at radius 2 is 1.38 bits per heavy atom. The van der Waals surface area contributed by atoms with E-state index in [0.29, 0.717) is 28.9 Å². The highest BCUT2D eigenvalue weighted by Crippen LogP contribution is 2.43. The summed E-state index contributed by atoms with van der Waals surface area (Å²) in [6.07, 6.45) is 6.85. The van der Waals surface area contributed by atoms with E-state index in [1.165, 1.54) is 25.7 Å². The van der Waals surface area contributed by atoms with Gasteiger partial charge in [0.05, 0.1) is 6.61 Å². The van der Waals surface area contributed by atoms with Gasteiger partial charge in [0.2, 0.25) is 0 Å². The average molecular weight is 354 g/mol. The van der Waals surface area contributed by atoms with Crippen LogP contribution in [0.5, 0.6) is 0 Å². The minimum absolute atomic E-state index is 0.0768. The van der Waals surface area contributed by atoms with Crippen molar-refractivity contribution in [2.75, 3.05) is 6.61 Å². The molecule has 0 amide bonds. The molecule has 0 saturated carbocycles. The molecule has 3 rings (SSSR count). The SMILES string of the molecule is CCCCCCCCOC1(OO)c2ccccc2C(=O)c2ccccc21. The summed E-state index contributed by atoms with van der Waals surface area (Å²) in [4.78, 5) is 17.7. The molecule has 1 N–H and O–H groups in total. The molecule has 0 bridgehead atoms. The van der Waals surface area contributed by atoms with Crippen LogP contribution in [0.15, 0.2) is 48.5 Å². The standard InChI is InChI=1S/C22H26O4/c1-2-3-4-5-6-11-16-25-22(26-24)19-14-9-7-12-17(19)21(23)18-13-8-10-15-20(18)22/h7-10,12-15,24H,2-6,11,16H2,1H3. The summed E-state index contributed by atoms with van der Waals surface area (Å²) in [6, 6.07) is 14.3. The molecule has 0 fully saturated rings. The molecule has 4 heteroatoms. The molecule has 0 unspecified atom stereocenters. The molecule has 4 nitrogen and oxygen atoms in total. The van der Waals surface area contributed by atoms with Crippen molar-refractivity contribution in [3.05, 3.63) is 70.8 Å². The second kappa shape index (κ2) is 8.58. The zero-order valence-corrected chi connectivity index (χ0v) is 15.2. The molecule has 0 heterocycles. The summed E-state index contributed by atoms with van der Waals surface area (Å²) in [6.45, 7) is 2.65. The fraction of sp³-hybridized carbons (Fsp3) is 0.409. The van der Waals surface area contributed by atoms with Gasteiger partial charge in [0.15, 0.2) is 5.78 Å². The Labute approximate surface area is 154 Å². The highest BCUT2D eigenvalue weighted by molar-refractivity contribution is 6.12. The second-order valence-corrected chi connectivity index (χ2v) is 6.74. The predicted octanol–water partition coefficient (Wildman–Crippen LogP) is 5.30. The van der Waals surface area contributed by atoms with Gasteiger partial charge >= 0.3 is 0 Å². The smallest absolute Gasteiger partial charge is 0.255 e.